The standard InChI is InChI=1S/C4H7N2O2/c5-3(7)1-2-4(6)8/h1H,2H2,(H2,5,7)(H2,6,8). The summed E-state index contributed by atoms with van der Waals surface area (Å²) in [6, 6.07) is 0. The summed E-state index contributed by atoms with van der Waals surface area (Å²) >= 11 is 0. The molecule has 0 rings (SSSR count). The fourth-order valence-electron chi connectivity index (χ4n) is 0.201. The van der Waals surface area contributed by atoms with Crippen molar-refractivity contribution in [3.8, 4) is 0 Å². The molecule has 0 aromatic carbocycles. The lowest BCUT2D eigenvalue weighted by Gasteiger charge is -1.86. The Morgan fingerprint density at radius 3 is 2.00 bits per heavy atom. The Balaban J connectivity index is 3.18. The predicted octanol–water partition coefficient (Wildman–Crippen LogP) is -1.45. The first kappa shape index (κ1) is 6.94. The summed E-state index contributed by atoms with van der Waals surface area (Å²) in [5, 5.41) is 0. The number of hydrogen-bond acceptors (Lipinski definition) is 2. The van der Waals surface area contributed by atoms with Crippen LogP contribution in [0.2, 0.25) is 0 Å². The number of rotatable bonds is 3. The molecule has 2 amide bonds. The maximum atomic E-state index is 9.89. The van der Waals surface area contributed by atoms with Crippen LogP contribution in [0, 0.1) is 6.42 Å². The normalized spacial score (nSPS) is 8.50. The number of amides is 2. The van der Waals surface area contributed by atoms with Gasteiger partial charge in [0.2, 0.25) is 11.8 Å². The van der Waals surface area contributed by atoms with Crippen molar-refractivity contribution in [2.45, 2.75) is 6.42 Å². The largest absolute Gasteiger partial charge is 0.370 e. The van der Waals surface area contributed by atoms with E-state index in [0.717, 1.165) is 6.42 Å². The molecule has 4 heteroatoms. The molecule has 0 aliphatic heterocycles. The summed E-state index contributed by atoms with van der Waals surface area (Å²) in [5.74, 6) is -1.17. The van der Waals surface area contributed by atoms with Crippen molar-refractivity contribution in [1.82, 2.24) is 0 Å². The first-order chi connectivity index (χ1) is 3.63. The molecule has 45 valence electrons. The van der Waals surface area contributed by atoms with Crippen LogP contribution in [0.15, 0.2) is 0 Å². The quantitative estimate of drug-likeness (QED) is 0.471. The molecule has 0 aromatic heterocycles. The lowest BCUT2D eigenvalue weighted by Crippen LogP contribution is -2.17. The van der Waals surface area contributed by atoms with Gasteiger partial charge in [0.05, 0.1) is 6.42 Å². The third kappa shape index (κ3) is 4.94. The average molecular weight is 115 g/mol. The van der Waals surface area contributed by atoms with E-state index in [4.69, 9.17) is 0 Å². The molecule has 0 fully saturated rings. The zero-order chi connectivity index (χ0) is 6.57. The number of hydrogen-bond donors (Lipinski definition) is 2. The van der Waals surface area contributed by atoms with Gasteiger partial charge in [0, 0.05) is 6.42 Å². The smallest absolute Gasteiger partial charge is 0.221 e. The minimum atomic E-state index is -0.621. The molecule has 0 spiro atoms. The van der Waals surface area contributed by atoms with E-state index in [1.165, 1.54) is 0 Å². The van der Waals surface area contributed by atoms with Crippen molar-refractivity contribution in [2.24, 2.45) is 11.5 Å². The summed E-state index contributed by atoms with van der Waals surface area (Å²) in [4.78, 5) is 19.7. The van der Waals surface area contributed by atoms with Crippen LogP contribution >= 0.6 is 0 Å². The summed E-state index contributed by atoms with van der Waals surface area (Å²) in [6.07, 6.45) is 0.956. The van der Waals surface area contributed by atoms with Crippen molar-refractivity contribution >= 4 is 11.8 Å². The first-order valence-electron chi connectivity index (χ1n) is 2.04. The Morgan fingerprint density at radius 2 is 1.88 bits per heavy atom. The Hall–Kier alpha value is -1.06. The van der Waals surface area contributed by atoms with Crippen LogP contribution in [0.3, 0.4) is 0 Å². The highest BCUT2D eigenvalue weighted by Crippen LogP contribution is 1.80. The predicted molar refractivity (Wildman–Crippen MR) is 27.3 cm³/mol. The van der Waals surface area contributed by atoms with Crippen LogP contribution < -0.4 is 11.5 Å². The molecular formula is C4H7N2O2. The van der Waals surface area contributed by atoms with Gasteiger partial charge in [0.1, 0.15) is 0 Å². The van der Waals surface area contributed by atoms with Gasteiger partial charge in [-0.3, -0.25) is 9.59 Å². The number of primary amides is 2. The van der Waals surface area contributed by atoms with Crippen LogP contribution in [0.1, 0.15) is 6.42 Å². The van der Waals surface area contributed by atoms with E-state index < -0.39 is 11.8 Å². The van der Waals surface area contributed by atoms with Crippen molar-refractivity contribution in [1.29, 1.82) is 0 Å². The summed E-state index contributed by atoms with van der Waals surface area (Å²) in [7, 11) is 0. The number of carbonyl (C=O) groups excluding carboxylic acids is 2. The molecular weight excluding hydrogens is 108 g/mol. The first-order valence-corrected chi connectivity index (χ1v) is 2.04. The zero-order valence-electron chi connectivity index (χ0n) is 4.26. The fraction of sp³-hybridized carbons (Fsp3) is 0.250. The van der Waals surface area contributed by atoms with Crippen molar-refractivity contribution in [3.63, 3.8) is 0 Å². The topological polar surface area (TPSA) is 86.2 Å². The highest BCUT2D eigenvalue weighted by molar-refractivity contribution is 5.89. The third-order valence-corrected chi connectivity index (χ3v) is 0.504. The van der Waals surface area contributed by atoms with Crippen molar-refractivity contribution in [2.75, 3.05) is 0 Å². The molecule has 0 aromatic rings. The number of carbonyl (C=O) groups is 2. The van der Waals surface area contributed by atoms with Gasteiger partial charge >= 0.3 is 0 Å². The summed E-state index contributed by atoms with van der Waals surface area (Å²) in [6.45, 7) is 0. The van der Waals surface area contributed by atoms with Gasteiger partial charge < -0.3 is 11.5 Å². The Bertz CT molecular complexity index is 96.6. The third-order valence-electron chi connectivity index (χ3n) is 0.504. The Kier molecular flexibility index (Phi) is 2.61. The van der Waals surface area contributed by atoms with E-state index in [1.54, 1.807) is 0 Å². The van der Waals surface area contributed by atoms with E-state index in [9.17, 15) is 9.59 Å². The monoisotopic (exact) mass is 115 g/mol. The molecule has 0 saturated heterocycles. The SMILES string of the molecule is NC(=O)[CH]CC(N)=O. The number of nitrogens with two attached hydrogens (primary N) is 2. The van der Waals surface area contributed by atoms with Gasteiger partial charge in [0.25, 0.3) is 0 Å². The molecule has 0 bridgehead atoms. The van der Waals surface area contributed by atoms with Gasteiger partial charge in [-0.25, -0.2) is 0 Å². The highest BCUT2D eigenvalue weighted by Gasteiger charge is 1.97. The summed E-state index contributed by atoms with van der Waals surface area (Å²) in [5.41, 5.74) is 9.30. The van der Waals surface area contributed by atoms with Gasteiger partial charge in [-0.15, -0.1) is 0 Å². The minimum Gasteiger partial charge on any atom is -0.370 e. The Labute approximate surface area is 46.8 Å². The van der Waals surface area contributed by atoms with Crippen LogP contribution in [0.4, 0.5) is 0 Å². The average Bonchev–Trinajstić information content (AvgIpc) is 1.61. The molecule has 8 heavy (non-hydrogen) atoms. The zero-order valence-corrected chi connectivity index (χ0v) is 4.26. The highest BCUT2D eigenvalue weighted by atomic mass is 16.2. The lowest BCUT2D eigenvalue weighted by atomic mass is 10.3. The molecule has 4 nitrogen and oxygen atoms in total. The van der Waals surface area contributed by atoms with Gasteiger partial charge in [-0.05, 0) is 0 Å². The summed E-state index contributed by atoms with van der Waals surface area (Å²) < 4.78 is 0. The second-order valence-corrected chi connectivity index (χ2v) is 1.28. The second kappa shape index (κ2) is 3.01. The van der Waals surface area contributed by atoms with Crippen LogP contribution in [-0.4, -0.2) is 11.8 Å². The molecule has 0 aliphatic rings. The fourth-order valence-corrected chi connectivity index (χ4v) is 0.201. The van der Waals surface area contributed by atoms with E-state index in [2.05, 4.69) is 11.5 Å². The van der Waals surface area contributed by atoms with E-state index in [0.29, 0.717) is 0 Å². The van der Waals surface area contributed by atoms with Crippen LogP contribution in [0.25, 0.3) is 0 Å². The minimum absolute atomic E-state index is 0.0741. The maximum absolute atomic E-state index is 9.89. The van der Waals surface area contributed by atoms with E-state index in [-0.39, 0.29) is 6.42 Å². The Morgan fingerprint density at radius 1 is 1.38 bits per heavy atom. The molecule has 4 N–H and O–H groups in total. The van der Waals surface area contributed by atoms with Crippen molar-refractivity contribution < 1.29 is 9.59 Å². The van der Waals surface area contributed by atoms with E-state index >= 15 is 0 Å². The second-order valence-electron chi connectivity index (χ2n) is 1.28. The molecule has 0 aliphatic carbocycles. The molecule has 0 atom stereocenters. The van der Waals surface area contributed by atoms with Crippen LogP contribution in [-0.2, 0) is 9.59 Å². The van der Waals surface area contributed by atoms with Gasteiger partial charge in [-0.1, -0.05) is 0 Å². The van der Waals surface area contributed by atoms with Gasteiger partial charge in [-0.2, -0.15) is 0 Å². The van der Waals surface area contributed by atoms with E-state index in [1.807, 2.05) is 0 Å². The lowest BCUT2D eigenvalue weighted by molar-refractivity contribution is -0.120. The van der Waals surface area contributed by atoms with Crippen molar-refractivity contribution in [3.05, 3.63) is 6.42 Å². The van der Waals surface area contributed by atoms with Gasteiger partial charge in [0.15, 0.2) is 0 Å². The molecule has 0 heterocycles. The molecule has 1 radical (unpaired) electrons. The van der Waals surface area contributed by atoms with Crippen LogP contribution in [0.5, 0.6) is 0 Å². The molecule has 0 unspecified atom stereocenters. The molecule has 0 saturated carbocycles. The maximum Gasteiger partial charge on any atom is 0.221 e.